The number of rotatable bonds is 3. The van der Waals surface area contributed by atoms with E-state index in [4.69, 9.17) is 19.9 Å². The molecule has 122 valence electrons. The highest BCUT2D eigenvalue weighted by Crippen LogP contribution is 2.38. The van der Waals surface area contributed by atoms with Crippen LogP contribution >= 0.6 is 11.3 Å². The van der Waals surface area contributed by atoms with E-state index in [2.05, 4.69) is 4.98 Å². The quantitative estimate of drug-likeness (QED) is 0.759. The van der Waals surface area contributed by atoms with Crippen LogP contribution in [0.25, 0.3) is 11.3 Å². The lowest BCUT2D eigenvalue weighted by atomic mass is 10.0. The van der Waals surface area contributed by atoms with Gasteiger partial charge in [-0.3, -0.25) is 0 Å². The molecular weight excluding hydrogens is 324 g/mol. The SMILES string of the molecule is Cc1cc(Oc2ccc3c(c2)OCO3)cc(C)c1-c1csc(N)n1. The van der Waals surface area contributed by atoms with Gasteiger partial charge in [0.05, 0.1) is 5.69 Å². The van der Waals surface area contributed by atoms with Crippen LogP contribution in [0.2, 0.25) is 0 Å². The number of nitrogens with zero attached hydrogens (tertiary/aromatic N) is 1. The third kappa shape index (κ3) is 2.65. The summed E-state index contributed by atoms with van der Waals surface area (Å²) in [5.74, 6) is 2.93. The molecule has 6 heteroatoms. The molecule has 2 N–H and O–H groups in total. The molecule has 1 aliphatic rings. The summed E-state index contributed by atoms with van der Waals surface area (Å²) in [4.78, 5) is 4.38. The Bertz CT molecular complexity index is 897. The first-order valence-electron chi connectivity index (χ1n) is 7.50. The molecular formula is C18H16N2O3S. The third-order valence-corrected chi connectivity index (χ3v) is 4.54. The number of aryl methyl sites for hydroxylation is 2. The van der Waals surface area contributed by atoms with Crippen molar-refractivity contribution in [3.8, 4) is 34.3 Å². The third-order valence-electron chi connectivity index (χ3n) is 3.86. The van der Waals surface area contributed by atoms with Gasteiger partial charge in [0.15, 0.2) is 16.6 Å². The van der Waals surface area contributed by atoms with E-state index < -0.39 is 0 Å². The van der Waals surface area contributed by atoms with E-state index in [0.717, 1.165) is 33.9 Å². The summed E-state index contributed by atoms with van der Waals surface area (Å²) >= 11 is 1.44. The molecule has 24 heavy (non-hydrogen) atoms. The molecule has 0 bridgehead atoms. The van der Waals surface area contributed by atoms with Gasteiger partial charge in [0, 0.05) is 17.0 Å². The van der Waals surface area contributed by atoms with Crippen LogP contribution in [0.5, 0.6) is 23.0 Å². The minimum Gasteiger partial charge on any atom is -0.457 e. The van der Waals surface area contributed by atoms with Crippen molar-refractivity contribution >= 4 is 16.5 Å². The molecule has 0 saturated carbocycles. The Morgan fingerprint density at radius 2 is 1.79 bits per heavy atom. The van der Waals surface area contributed by atoms with Gasteiger partial charge in [0.1, 0.15) is 11.5 Å². The molecule has 0 fully saturated rings. The Balaban J connectivity index is 1.65. The van der Waals surface area contributed by atoms with Gasteiger partial charge in [-0.2, -0.15) is 0 Å². The monoisotopic (exact) mass is 340 g/mol. The maximum Gasteiger partial charge on any atom is 0.231 e. The maximum atomic E-state index is 5.98. The Hall–Kier alpha value is -2.73. The molecule has 0 amide bonds. The lowest BCUT2D eigenvalue weighted by molar-refractivity contribution is 0.174. The van der Waals surface area contributed by atoms with Crippen LogP contribution < -0.4 is 19.9 Å². The van der Waals surface area contributed by atoms with E-state index in [9.17, 15) is 0 Å². The van der Waals surface area contributed by atoms with Crippen LogP contribution in [-0.4, -0.2) is 11.8 Å². The molecule has 0 spiro atoms. The highest BCUT2D eigenvalue weighted by molar-refractivity contribution is 7.13. The zero-order valence-corrected chi connectivity index (χ0v) is 14.1. The van der Waals surface area contributed by atoms with Crippen LogP contribution in [0.3, 0.4) is 0 Å². The Kier molecular flexibility index (Phi) is 3.54. The lowest BCUT2D eigenvalue weighted by Gasteiger charge is -2.12. The Labute approximate surface area is 143 Å². The fourth-order valence-electron chi connectivity index (χ4n) is 2.87. The Morgan fingerprint density at radius 3 is 2.50 bits per heavy atom. The van der Waals surface area contributed by atoms with Crippen LogP contribution in [-0.2, 0) is 0 Å². The average Bonchev–Trinajstić information content (AvgIpc) is 3.15. The van der Waals surface area contributed by atoms with Gasteiger partial charge >= 0.3 is 0 Å². The van der Waals surface area contributed by atoms with Crippen molar-refractivity contribution in [2.24, 2.45) is 0 Å². The zero-order valence-electron chi connectivity index (χ0n) is 13.3. The predicted molar refractivity (Wildman–Crippen MR) is 94.1 cm³/mol. The van der Waals surface area contributed by atoms with Crippen molar-refractivity contribution < 1.29 is 14.2 Å². The van der Waals surface area contributed by atoms with E-state index in [1.165, 1.54) is 11.3 Å². The second-order valence-electron chi connectivity index (χ2n) is 5.62. The standard InChI is InChI=1S/C18H16N2O3S/c1-10-5-13(6-11(2)17(10)14-8-24-18(19)20-14)23-12-3-4-15-16(7-12)22-9-21-15/h3-8H,9H2,1-2H3,(H2,19,20). The number of hydrogen-bond acceptors (Lipinski definition) is 6. The number of nitrogens with two attached hydrogens (primary N) is 1. The number of benzene rings is 2. The van der Waals surface area contributed by atoms with Gasteiger partial charge in [-0.25, -0.2) is 4.98 Å². The summed E-state index contributed by atoms with van der Waals surface area (Å²) < 4.78 is 16.7. The van der Waals surface area contributed by atoms with Gasteiger partial charge in [-0.1, -0.05) is 0 Å². The Morgan fingerprint density at radius 1 is 1.04 bits per heavy atom. The average molecular weight is 340 g/mol. The molecule has 0 aliphatic carbocycles. The number of ether oxygens (including phenoxy) is 3. The van der Waals surface area contributed by atoms with Gasteiger partial charge < -0.3 is 19.9 Å². The topological polar surface area (TPSA) is 66.6 Å². The van der Waals surface area contributed by atoms with Crippen molar-refractivity contribution in [1.29, 1.82) is 0 Å². The van der Waals surface area contributed by atoms with Crippen molar-refractivity contribution in [2.45, 2.75) is 13.8 Å². The van der Waals surface area contributed by atoms with Crippen LogP contribution in [0.4, 0.5) is 5.13 Å². The number of hydrogen-bond donors (Lipinski definition) is 1. The first-order chi connectivity index (χ1) is 11.6. The molecule has 0 saturated heterocycles. The second-order valence-corrected chi connectivity index (χ2v) is 6.51. The van der Waals surface area contributed by atoms with Crippen LogP contribution in [0.1, 0.15) is 11.1 Å². The van der Waals surface area contributed by atoms with E-state index in [1.54, 1.807) is 0 Å². The summed E-state index contributed by atoms with van der Waals surface area (Å²) in [7, 11) is 0. The lowest BCUT2D eigenvalue weighted by Crippen LogP contribution is -1.93. The number of anilines is 1. The molecule has 3 aromatic rings. The van der Waals surface area contributed by atoms with Crippen molar-refractivity contribution in [3.05, 3.63) is 46.8 Å². The largest absolute Gasteiger partial charge is 0.457 e. The fourth-order valence-corrected chi connectivity index (χ4v) is 3.42. The number of aromatic nitrogens is 1. The molecule has 0 radical (unpaired) electrons. The molecule has 5 nitrogen and oxygen atoms in total. The smallest absolute Gasteiger partial charge is 0.231 e. The minimum atomic E-state index is 0.252. The van der Waals surface area contributed by atoms with Crippen molar-refractivity contribution in [1.82, 2.24) is 4.98 Å². The second kappa shape index (κ2) is 5.72. The van der Waals surface area contributed by atoms with Gasteiger partial charge in [0.2, 0.25) is 6.79 Å². The van der Waals surface area contributed by atoms with Crippen molar-refractivity contribution in [2.75, 3.05) is 12.5 Å². The summed E-state index contributed by atoms with van der Waals surface area (Å²) in [5, 5.41) is 2.55. The first-order valence-corrected chi connectivity index (χ1v) is 8.38. The zero-order chi connectivity index (χ0) is 16.7. The van der Waals surface area contributed by atoms with Crippen molar-refractivity contribution in [3.63, 3.8) is 0 Å². The summed E-state index contributed by atoms with van der Waals surface area (Å²) in [6, 6.07) is 9.56. The summed E-state index contributed by atoms with van der Waals surface area (Å²) in [6.07, 6.45) is 0. The first kappa shape index (κ1) is 14.8. The number of fused-ring (bicyclic) bond motifs is 1. The highest BCUT2D eigenvalue weighted by Gasteiger charge is 2.15. The minimum absolute atomic E-state index is 0.252. The van der Waals surface area contributed by atoms with Gasteiger partial charge in [-0.05, 0) is 49.2 Å². The molecule has 2 aromatic carbocycles. The van der Waals surface area contributed by atoms with E-state index >= 15 is 0 Å². The molecule has 1 aliphatic heterocycles. The van der Waals surface area contributed by atoms with E-state index in [-0.39, 0.29) is 6.79 Å². The van der Waals surface area contributed by atoms with Crippen LogP contribution in [0, 0.1) is 13.8 Å². The van der Waals surface area contributed by atoms with E-state index in [0.29, 0.717) is 16.6 Å². The predicted octanol–water partition coefficient (Wildman–Crippen LogP) is 4.53. The maximum absolute atomic E-state index is 5.98. The fraction of sp³-hybridized carbons (Fsp3) is 0.167. The molecule has 2 heterocycles. The van der Waals surface area contributed by atoms with Gasteiger partial charge in [-0.15, -0.1) is 11.3 Å². The van der Waals surface area contributed by atoms with E-state index in [1.807, 2.05) is 49.6 Å². The number of nitrogen functional groups attached to an aromatic ring is 1. The molecule has 4 rings (SSSR count). The molecule has 1 aromatic heterocycles. The summed E-state index contributed by atoms with van der Waals surface area (Å²) in [6.45, 7) is 4.34. The molecule has 0 unspecified atom stereocenters. The highest BCUT2D eigenvalue weighted by atomic mass is 32.1. The number of thiazole rings is 1. The summed E-state index contributed by atoms with van der Waals surface area (Å²) in [5.41, 5.74) is 9.94. The normalized spacial score (nSPS) is 12.4. The van der Waals surface area contributed by atoms with Crippen LogP contribution in [0.15, 0.2) is 35.7 Å². The molecule has 0 atom stereocenters. The van der Waals surface area contributed by atoms with Gasteiger partial charge in [0.25, 0.3) is 0 Å².